The van der Waals surface area contributed by atoms with Gasteiger partial charge in [0.15, 0.2) is 0 Å². The summed E-state index contributed by atoms with van der Waals surface area (Å²) in [5, 5.41) is 0. The third-order valence-electron chi connectivity index (χ3n) is 1.96. The lowest BCUT2D eigenvalue weighted by molar-refractivity contribution is 0.0784. The molecule has 84 valence electrons. The van der Waals surface area contributed by atoms with Crippen molar-refractivity contribution in [2.24, 2.45) is 0 Å². The van der Waals surface area contributed by atoms with Crippen molar-refractivity contribution in [1.29, 1.82) is 0 Å². The largest absolute Gasteiger partial charge is 0.328 e. The average molecular weight is 346 g/mol. The van der Waals surface area contributed by atoms with E-state index in [9.17, 15) is 4.79 Å². The molecule has 3 nitrogen and oxygen atoms in total. The Bertz CT molecular complexity index is 420. The van der Waals surface area contributed by atoms with Crippen molar-refractivity contribution in [3.63, 3.8) is 0 Å². The first-order valence-corrected chi connectivity index (χ1v) is 6.23. The summed E-state index contributed by atoms with van der Waals surface area (Å²) in [6, 6.07) is 3.35. The monoisotopic (exact) mass is 344 g/mol. The first-order valence-electron chi connectivity index (χ1n) is 4.64. The zero-order valence-corrected chi connectivity index (χ0v) is 11.9. The quantitative estimate of drug-likeness (QED) is 0.623. The van der Waals surface area contributed by atoms with Crippen LogP contribution in [0.1, 0.15) is 17.3 Å². The Labute approximate surface area is 111 Å². The summed E-state index contributed by atoms with van der Waals surface area (Å²) in [6.07, 6.45) is 5.21. The Hall–Kier alpha value is -0.860. The van der Waals surface area contributed by atoms with Crippen LogP contribution < -0.4 is 0 Å². The molecule has 1 amide bonds. The van der Waals surface area contributed by atoms with E-state index in [2.05, 4.69) is 42.8 Å². The number of aromatic nitrogens is 1. The number of halogens is 2. The summed E-state index contributed by atoms with van der Waals surface area (Å²) < 4.78 is 1.23. The van der Waals surface area contributed by atoms with Crippen LogP contribution in [-0.2, 0) is 0 Å². The van der Waals surface area contributed by atoms with Gasteiger partial charge in [-0.1, -0.05) is 5.92 Å². The maximum atomic E-state index is 12.0. The summed E-state index contributed by atoms with van der Waals surface area (Å²) in [4.78, 5) is 17.7. The number of carbonyl (C=O) groups excluding carboxylic acids is 1. The van der Waals surface area contributed by atoms with Gasteiger partial charge in [-0.25, -0.2) is 4.98 Å². The van der Waals surface area contributed by atoms with Gasteiger partial charge in [-0.05, 0) is 50.9 Å². The number of nitrogens with zero attached hydrogens (tertiary/aromatic N) is 2. The molecule has 0 unspecified atom stereocenters. The topological polar surface area (TPSA) is 33.2 Å². The van der Waals surface area contributed by atoms with E-state index >= 15 is 0 Å². The van der Waals surface area contributed by atoms with E-state index in [1.807, 2.05) is 6.92 Å². The van der Waals surface area contributed by atoms with Gasteiger partial charge in [0.2, 0.25) is 0 Å². The summed E-state index contributed by atoms with van der Waals surface area (Å²) in [7, 11) is 0. The van der Waals surface area contributed by atoms with Gasteiger partial charge in [0, 0.05) is 12.1 Å². The summed E-state index contributed by atoms with van der Waals surface area (Å²) in [5.41, 5.74) is 0.561. The molecule has 0 aliphatic heterocycles. The fraction of sp³-hybridized carbons (Fsp3) is 0.273. The standard InChI is InChI=1S/C11H10Br2N2O/c1-3-5-15(4-2)11(16)8-6-9(12)14-10(13)7-8/h1,6-7H,4-5H2,2H3. The Kier molecular flexibility index (Phi) is 4.97. The van der Waals surface area contributed by atoms with Crippen LogP contribution in [0, 0.1) is 12.3 Å². The van der Waals surface area contributed by atoms with Crippen molar-refractivity contribution in [2.45, 2.75) is 6.92 Å². The number of amides is 1. The maximum absolute atomic E-state index is 12.0. The highest BCUT2D eigenvalue weighted by atomic mass is 79.9. The van der Waals surface area contributed by atoms with E-state index in [0.29, 0.717) is 27.9 Å². The lowest BCUT2D eigenvalue weighted by atomic mass is 10.2. The SMILES string of the molecule is C#CCN(CC)C(=O)c1cc(Br)nc(Br)c1. The Morgan fingerprint density at radius 1 is 1.50 bits per heavy atom. The first kappa shape index (κ1) is 13.2. The number of hydrogen-bond donors (Lipinski definition) is 0. The van der Waals surface area contributed by atoms with Crippen molar-refractivity contribution >= 4 is 37.8 Å². The number of carbonyl (C=O) groups is 1. The van der Waals surface area contributed by atoms with Crippen LogP contribution >= 0.6 is 31.9 Å². The molecule has 0 saturated heterocycles. The fourth-order valence-electron chi connectivity index (χ4n) is 1.21. The number of hydrogen-bond acceptors (Lipinski definition) is 2. The summed E-state index contributed by atoms with van der Waals surface area (Å²) in [5.74, 6) is 2.37. The average Bonchev–Trinajstić information content (AvgIpc) is 2.23. The maximum Gasteiger partial charge on any atom is 0.254 e. The van der Waals surface area contributed by atoms with Gasteiger partial charge in [0.05, 0.1) is 6.54 Å². The van der Waals surface area contributed by atoms with Crippen molar-refractivity contribution in [3.05, 3.63) is 26.9 Å². The number of rotatable bonds is 3. The van der Waals surface area contributed by atoms with Crippen molar-refractivity contribution in [2.75, 3.05) is 13.1 Å². The molecule has 0 fully saturated rings. The van der Waals surface area contributed by atoms with Gasteiger partial charge in [-0.2, -0.15) is 0 Å². The third kappa shape index (κ3) is 3.32. The van der Waals surface area contributed by atoms with Gasteiger partial charge < -0.3 is 4.90 Å². The molecule has 16 heavy (non-hydrogen) atoms. The van der Waals surface area contributed by atoms with E-state index < -0.39 is 0 Å². The second-order valence-corrected chi connectivity index (χ2v) is 4.65. The molecule has 1 aromatic rings. The van der Waals surface area contributed by atoms with Crippen LogP contribution in [0.4, 0.5) is 0 Å². The molecule has 1 heterocycles. The van der Waals surface area contributed by atoms with Crippen molar-refractivity contribution in [1.82, 2.24) is 9.88 Å². The minimum atomic E-state index is -0.0933. The van der Waals surface area contributed by atoms with Gasteiger partial charge >= 0.3 is 0 Å². The predicted molar refractivity (Wildman–Crippen MR) is 70.0 cm³/mol. The fourth-order valence-corrected chi connectivity index (χ4v) is 2.32. The molecule has 0 atom stereocenters. The van der Waals surface area contributed by atoms with Crippen LogP contribution in [0.2, 0.25) is 0 Å². The predicted octanol–water partition coefficient (Wildman–Crippen LogP) is 2.70. The van der Waals surface area contributed by atoms with Crippen LogP contribution in [0.3, 0.4) is 0 Å². The van der Waals surface area contributed by atoms with Gasteiger partial charge in [-0.3, -0.25) is 4.79 Å². The highest BCUT2D eigenvalue weighted by Crippen LogP contribution is 2.17. The van der Waals surface area contributed by atoms with E-state index in [1.54, 1.807) is 17.0 Å². The van der Waals surface area contributed by atoms with Crippen LogP contribution in [0.25, 0.3) is 0 Å². The number of pyridine rings is 1. The lowest BCUT2D eigenvalue weighted by Gasteiger charge is -2.18. The summed E-state index contributed by atoms with van der Waals surface area (Å²) >= 11 is 6.48. The smallest absolute Gasteiger partial charge is 0.254 e. The molecule has 0 aliphatic rings. The molecule has 0 aliphatic carbocycles. The Morgan fingerprint density at radius 2 is 2.06 bits per heavy atom. The third-order valence-corrected chi connectivity index (χ3v) is 2.77. The zero-order valence-electron chi connectivity index (χ0n) is 8.70. The molecule has 0 aromatic carbocycles. The molecular formula is C11H10Br2N2O. The van der Waals surface area contributed by atoms with E-state index in [-0.39, 0.29) is 5.91 Å². The molecule has 0 radical (unpaired) electrons. The highest BCUT2D eigenvalue weighted by molar-refractivity contribution is 9.11. The molecule has 0 bridgehead atoms. The molecular weight excluding hydrogens is 336 g/mol. The number of terminal acetylenes is 1. The van der Waals surface area contributed by atoms with Crippen LogP contribution in [0.15, 0.2) is 21.3 Å². The Balaban J connectivity index is 2.99. The van der Waals surface area contributed by atoms with E-state index in [1.165, 1.54) is 0 Å². The molecule has 0 spiro atoms. The minimum Gasteiger partial charge on any atom is -0.328 e. The second kappa shape index (κ2) is 6.02. The van der Waals surface area contributed by atoms with E-state index in [0.717, 1.165) is 0 Å². The van der Waals surface area contributed by atoms with Crippen molar-refractivity contribution < 1.29 is 4.79 Å². The lowest BCUT2D eigenvalue weighted by Crippen LogP contribution is -2.31. The normalized spacial score (nSPS) is 9.62. The van der Waals surface area contributed by atoms with Gasteiger partial charge in [0.25, 0.3) is 5.91 Å². The highest BCUT2D eigenvalue weighted by Gasteiger charge is 2.14. The molecule has 0 saturated carbocycles. The second-order valence-electron chi connectivity index (χ2n) is 3.02. The molecule has 0 N–H and O–H groups in total. The Morgan fingerprint density at radius 3 is 2.50 bits per heavy atom. The molecule has 1 rings (SSSR count). The van der Waals surface area contributed by atoms with Gasteiger partial charge in [-0.15, -0.1) is 6.42 Å². The van der Waals surface area contributed by atoms with Crippen LogP contribution in [-0.4, -0.2) is 28.9 Å². The minimum absolute atomic E-state index is 0.0933. The first-order chi connectivity index (χ1) is 7.58. The van der Waals surface area contributed by atoms with Gasteiger partial charge in [0.1, 0.15) is 9.21 Å². The van der Waals surface area contributed by atoms with Crippen molar-refractivity contribution in [3.8, 4) is 12.3 Å². The summed E-state index contributed by atoms with van der Waals surface area (Å²) in [6.45, 7) is 2.79. The zero-order chi connectivity index (χ0) is 12.1. The molecule has 5 heteroatoms. The molecule has 1 aromatic heterocycles. The van der Waals surface area contributed by atoms with Crippen LogP contribution in [0.5, 0.6) is 0 Å². The van der Waals surface area contributed by atoms with E-state index in [4.69, 9.17) is 6.42 Å².